The van der Waals surface area contributed by atoms with E-state index in [1.165, 1.54) is 0 Å². The smallest absolute Gasteiger partial charge is 0.250 e. The van der Waals surface area contributed by atoms with E-state index in [1.54, 1.807) is 9.58 Å². The van der Waals surface area contributed by atoms with Gasteiger partial charge in [-0.25, -0.2) is 0 Å². The molecule has 1 aromatic rings. The van der Waals surface area contributed by atoms with Crippen molar-refractivity contribution in [2.45, 2.75) is 19.4 Å². The maximum atomic E-state index is 12.4. The number of anilines is 1. The fourth-order valence-corrected chi connectivity index (χ4v) is 2.65. The van der Waals surface area contributed by atoms with E-state index < -0.39 is 6.04 Å². The number of hydrogen-bond donors (Lipinski definition) is 2. The number of aromatic nitrogens is 2. The fraction of sp³-hybridized carbons (Fsp3) is 0.615. The molecular weight excluding hydrogens is 294 g/mol. The second-order valence-electron chi connectivity index (χ2n) is 5.46. The molecule has 1 atom stereocenters. The largest absolute Gasteiger partial charge is 0.344 e. The van der Waals surface area contributed by atoms with E-state index in [0.29, 0.717) is 26.1 Å². The van der Waals surface area contributed by atoms with Crippen molar-refractivity contribution in [1.29, 1.82) is 0 Å². The Morgan fingerprint density at radius 1 is 1.48 bits per heavy atom. The number of carbonyl (C=O) groups is 2. The summed E-state index contributed by atoms with van der Waals surface area (Å²) in [6.45, 7) is 3.92. The first-order chi connectivity index (χ1) is 9.56. The number of rotatable bonds is 3. The molecule has 0 radical (unpaired) electrons. The van der Waals surface area contributed by atoms with Crippen LogP contribution in [0.1, 0.15) is 12.1 Å². The number of carbonyl (C=O) groups excluding carboxylic acids is 2. The van der Waals surface area contributed by atoms with Crippen LogP contribution in [0.4, 0.5) is 5.82 Å². The van der Waals surface area contributed by atoms with Crippen LogP contribution in [0, 0.1) is 12.8 Å². The Morgan fingerprint density at radius 3 is 2.71 bits per heavy atom. The number of hydrogen-bond acceptors (Lipinski definition) is 4. The minimum atomic E-state index is -0.404. The Kier molecular flexibility index (Phi) is 4.53. The molecule has 2 aliphatic rings. The van der Waals surface area contributed by atoms with Gasteiger partial charge < -0.3 is 10.6 Å². The minimum Gasteiger partial charge on any atom is -0.344 e. The van der Waals surface area contributed by atoms with Crippen LogP contribution in [0.2, 0.25) is 0 Å². The molecule has 1 aromatic heterocycles. The van der Waals surface area contributed by atoms with Crippen LogP contribution in [0.15, 0.2) is 6.07 Å². The van der Waals surface area contributed by atoms with Crippen molar-refractivity contribution in [3.63, 3.8) is 0 Å². The molecule has 7 nitrogen and oxygen atoms in total. The average molecular weight is 314 g/mol. The van der Waals surface area contributed by atoms with E-state index in [0.717, 1.165) is 11.5 Å². The average Bonchev–Trinajstić information content (AvgIpc) is 2.81. The van der Waals surface area contributed by atoms with Crippen LogP contribution in [0.3, 0.4) is 0 Å². The highest BCUT2D eigenvalue weighted by Crippen LogP contribution is 2.22. The third kappa shape index (κ3) is 2.89. The Balaban J connectivity index is 0.00000161. The Morgan fingerprint density at radius 2 is 2.19 bits per heavy atom. The van der Waals surface area contributed by atoms with Crippen molar-refractivity contribution in [3.05, 3.63) is 11.8 Å². The van der Waals surface area contributed by atoms with Crippen LogP contribution in [0.25, 0.3) is 0 Å². The lowest BCUT2D eigenvalue weighted by atomic mass is 10.0. The van der Waals surface area contributed by atoms with E-state index in [4.69, 9.17) is 0 Å². The molecule has 0 spiro atoms. The zero-order chi connectivity index (χ0) is 14.3. The normalized spacial score (nSPS) is 21.9. The lowest BCUT2D eigenvalue weighted by molar-refractivity contribution is -0.130. The Hall–Kier alpha value is -1.60. The van der Waals surface area contributed by atoms with Crippen molar-refractivity contribution in [2.75, 3.05) is 24.5 Å². The standard InChI is InChI=1S/C13H19N5O2.ClH/c1-8-5-11(17(2)16-8)18-4-3-10(13(18)20)15-12(19)9-6-14-7-9;/h5,9-10,14H,3-4,6-7H2,1-2H3,(H,15,19);1H. The van der Waals surface area contributed by atoms with Gasteiger partial charge in [0.15, 0.2) is 0 Å². The first-order valence-electron chi connectivity index (χ1n) is 6.89. The van der Waals surface area contributed by atoms with Gasteiger partial charge in [0, 0.05) is 32.7 Å². The third-order valence-electron chi connectivity index (χ3n) is 3.93. The van der Waals surface area contributed by atoms with E-state index in [1.807, 2.05) is 20.0 Å². The predicted molar refractivity (Wildman–Crippen MR) is 80.5 cm³/mol. The number of amides is 2. The lowest BCUT2D eigenvalue weighted by Crippen LogP contribution is -2.54. The summed E-state index contributed by atoms with van der Waals surface area (Å²) in [5.74, 6) is 0.726. The molecule has 0 saturated carbocycles. The molecule has 8 heteroatoms. The molecule has 21 heavy (non-hydrogen) atoms. The lowest BCUT2D eigenvalue weighted by Gasteiger charge is -2.27. The van der Waals surface area contributed by atoms with E-state index in [-0.39, 0.29) is 30.1 Å². The Labute approximate surface area is 129 Å². The fourth-order valence-electron chi connectivity index (χ4n) is 2.65. The van der Waals surface area contributed by atoms with Gasteiger partial charge in [-0.05, 0) is 13.3 Å². The zero-order valence-corrected chi connectivity index (χ0v) is 12.9. The van der Waals surface area contributed by atoms with Crippen molar-refractivity contribution in [1.82, 2.24) is 20.4 Å². The molecule has 2 amide bonds. The molecule has 2 aliphatic heterocycles. The number of halogens is 1. The van der Waals surface area contributed by atoms with Crippen LogP contribution >= 0.6 is 12.4 Å². The Bertz CT molecular complexity index is 555. The first kappa shape index (κ1) is 15.8. The second kappa shape index (κ2) is 6.03. The van der Waals surface area contributed by atoms with Crippen molar-refractivity contribution in [2.24, 2.45) is 13.0 Å². The molecular formula is C13H20ClN5O2. The first-order valence-corrected chi connectivity index (χ1v) is 6.89. The molecule has 116 valence electrons. The topological polar surface area (TPSA) is 79.3 Å². The van der Waals surface area contributed by atoms with E-state index in [2.05, 4.69) is 15.7 Å². The molecule has 2 saturated heterocycles. The molecule has 3 rings (SSSR count). The van der Waals surface area contributed by atoms with Crippen LogP contribution in [-0.2, 0) is 16.6 Å². The maximum Gasteiger partial charge on any atom is 0.250 e. The number of nitrogens with one attached hydrogen (secondary N) is 2. The molecule has 3 heterocycles. The van der Waals surface area contributed by atoms with Gasteiger partial charge in [0.1, 0.15) is 11.9 Å². The van der Waals surface area contributed by atoms with Gasteiger partial charge in [-0.2, -0.15) is 5.10 Å². The number of nitrogens with zero attached hydrogens (tertiary/aromatic N) is 3. The summed E-state index contributed by atoms with van der Waals surface area (Å²) in [7, 11) is 1.82. The van der Waals surface area contributed by atoms with Crippen LogP contribution in [-0.4, -0.2) is 47.3 Å². The second-order valence-corrected chi connectivity index (χ2v) is 5.46. The third-order valence-corrected chi connectivity index (χ3v) is 3.93. The van der Waals surface area contributed by atoms with Crippen LogP contribution in [0.5, 0.6) is 0 Å². The molecule has 0 aromatic carbocycles. The van der Waals surface area contributed by atoms with Crippen molar-refractivity contribution >= 4 is 30.0 Å². The monoisotopic (exact) mass is 313 g/mol. The zero-order valence-electron chi connectivity index (χ0n) is 12.1. The van der Waals surface area contributed by atoms with Gasteiger partial charge >= 0.3 is 0 Å². The summed E-state index contributed by atoms with van der Waals surface area (Å²) in [4.78, 5) is 26.0. The summed E-state index contributed by atoms with van der Waals surface area (Å²) < 4.78 is 1.70. The van der Waals surface area contributed by atoms with Gasteiger partial charge in [-0.15, -0.1) is 12.4 Å². The quantitative estimate of drug-likeness (QED) is 0.795. The summed E-state index contributed by atoms with van der Waals surface area (Å²) in [6.07, 6.45) is 0.648. The summed E-state index contributed by atoms with van der Waals surface area (Å²) in [5.41, 5.74) is 0.878. The number of aryl methyl sites for hydroxylation is 2. The molecule has 2 N–H and O–H groups in total. The van der Waals surface area contributed by atoms with Crippen LogP contribution < -0.4 is 15.5 Å². The molecule has 1 unspecified atom stereocenters. The SMILES string of the molecule is Cc1cc(N2CCC(NC(=O)C3CNC3)C2=O)n(C)n1.Cl. The summed E-state index contributed by atoms with van der Waals surface area (Å²) in [6, 6.07) is 1.48. The minimum absolute atomic E-state index is 0. The predicted octanol–water partition coefficient (Wildman–Crippen LogP) is -0.409. The summed E-state index contributed by atoms with van der Waals surface area (Å²) in [5, 5.41) is 10.2. The highest BCUT2D eigenvalue weighted by atomic mass is 35.5. The highest BCUT2D eigenvalue weighted by Gasteiger charge is 2.37. The van der Waals surface area contributed by atoms with Gasteiger partial charge in [0.05, 0.1) is 11.6 Å². The maximum absolute atomic E-state index is 12.4. The molecule has 0 aliphatic carbocycles. The molecule has 2 fully saturated rings. The van der Waals surface area contributed by atoms with Gasteiger partial charge in [-0.1, -0.05) is 0 Å². The van der Waals surface area contributed by atoms with Crippen molar-refractivity contribution < 1.29 is 9.59 Å². The van der Waals surface area contributed by atoms with Gasteiger partial charge in [0.2, 0.25) is 5.91 Å². The van der Waals surface area contributed by atoms with Crippen molar-refractivity contribution in [3.8, 4) is 0 Å². The summed E-state index contributed by atoms with van der Waals surface area (Å²) >= 11 is 0. The molecule has 0 bridgehead atoms. The van der Waals surface area contributed by atoms with Gasteiger partial charge in [0.25, 0.3) is 5.91 Å². The van der Waals surface area contributed by atoms with Gasteiger partial charge in [-0.3, -0.25) is 19.2 Å². The highest BCUT2D eigenvalue weighted by molar-refractivity contribution is 6.01. The van der Waals surface area contributed by atoms with E-state index in [9.17, 15) is 9.59 Å². The van der Waals surface area contributed by atoms with E-state index >= 15 is 0 Å².